The largest absolute Gasteiger partial charge is 0.361 e. The third-order valence-corrected chi connectivity index (χ3v) is 5.11. The van der Waals surface area contributed by atoms with E-state index in [1.165, 1.54) is 0 Å². The standard InChI is InChI=1S/C20H26ClN3O2/c1-13(2)9-20(26)24-7-5-16(6-8-24)23-19(25)10-14-12-22-18-11-15(21)3-4-17(14)18/h3-4,11-13,16,22H,5-10H2,1-2H3,(H,23,25). The minimum absolute atomic E-state index is 0.0211. The van der Waals surface area contributed by atoms with Gasteiger partial charge in [0.1, 0.15) is 0 Å². The highest BCUT2D eigenvalue weighted by atomic mass is 35.5. The lowest BCUT2D eigenvalue weighted by Gasteiger charge is -2.32. The van der Waals surface area contributed by atoms with Crippen molar-refractivity contribution in [1.29, 1.82) is 0 Å². The van der Waals surface area contributed by atoms with Crippen molar-refractivity contribution in [3.8, 4) is 0 Å². The molecule has 0 atom stereocenters. The quantitative estimate of drug-likeness (QED) is 0.839. The summed E-state index contributed by atoms with van der Waals surface area (Å²) in [5, 5.41) is 4.82. The molecule has 0 saturated carbocycles. The van der Waals surface area contributed by atoms with Crippen LogP contribution in [0.2, 0.25) is 5.02 Å². The lowest BCUT2D eigenvalue weighted by atomic mass is 10.0. The Morgan fingerprint density at radius 1 is 1.31 bits per heavy atom. The topological polar surface area (TPSA) is 65.2 Å². The number of aromatic nitrogens is 1. The molecule has 0 unspecified atom stereocenters. The van der Waals surface area contributed by atoms with E-state index in [2.05, 4.69) is 24.1 Å². The summed E-state index contributed by atoms with van der Waals surface area (Å²) >= 11 is 6.00. The molecule has 0 aliphatic carbocycles. The molecule has 1 fully saturated rings. The number of piperidine rings is 1. The molecule has 2 N–H and O–H groups in total. The molecule has 0 radical (unpaired) electrons. The highest BCUT2D eigenvalue weighted by molar-refractivity contribution is 6.31. The molecule has 1 aliphatic heterocycles. The molecule has 3 rings (SSSR count). The molecule has 1 aliphatic rings. The van der Waals surface area contributed by atoms with Crippen LogP contribution in [0.15, 0.2) is 24.4 Å². The average molecular weight is 376 g/mol. The van der Waals surface area contributed by atoms with Gasteiger partial charge in [-0.15, -0.1) is 0 Å². The number of amides is 2. The van der Waals surface area contributed by atoms with Gasteiger partial charge >= 0.3 is 0 Å². The van der Waals surface area contributed by atoms with Crippen LogP contribution >= 0.6 is 11.6 Å². The Hall–Kier alpha value is -2.01. The van der Waals surface area contributed by atoms with Crippen LogP contribution in [0.3, 0.4) is 0 Å². The molecular weight excluding hydrogens is 350 g/mol. The van der Waals surface area contributed by atoms with Crippen molar-refractivity contribution in [3.63, 3.8) is 0 Å². The third-order valence-electron chi connectivity index (χ3n) is 4.88. The fraction of sp³-hybridized carbons (Fsp3) is 0.500. The predicted molar refractivity (Wildman–Crippen MR) is 104 cm³/mol. The zero-order valence-electron chi connectivity index (χ0n) is 15.3. The number of hydrogen-bond acceptors (Lipinski definition) is 2. The van der Waals surface area contributed by atoms with Gasteiger partial charge in [0.2, 0.25) is 11.8 Å². The number of nitrogens with one attached hydrogen (secondary N) is 2. The van der Waals surface area contributed by atoms with E-state index in [-0.39, 0.29) is 17.9 Å². The second-order valence-electron chi connectivity index (χ2n) is 7.50. The zero-order chi connectivity index (χ0) is 18.7. The van der Waals surface area contributed by atoms with Crippen molar-refractivity contribution in [2.24, 2.45) is 5.92 Å². The fourth-order valence-electron chi connectivity index (χ4n) is 3.51. The van der Waals surface area contributed by atoms with E-state index in [4.69, 9.17) is 11.6 Å². The molecule has 6 heteroatoms. The second-order valence-corrected chi connectivity index (χ2v) is 7.94. The van der Waals surface area contributed by atoms with Crippen molar-refractivity contribution in [3.05, 3.63) is 35.0 Å². The monoisotopic (exact) mass is 375 g/mol. The normalized spacial score (nSPS) is 15.6. The number of benzene rings is 1. The molecule has 1 aromatic heterocycles. The van der Waals surface area contributed by atoms with Gasteiger partial charge in [0.25, 0.3) is 0 Å². The first kappa shape index (κ1) is 18.8. The van der Waals surface area contributed by atoms with Crippen LogP contribution in [0.5, 0.6) is 0 Å². The number of rotatable bonds is 5. The summed E-state index contributed by atoms with van der Waals surface area (Å²) in [5.74, 6) is 0.626. The summed E-state index contributed by atoms with van der Waals surface area (Å²) in [6.07, 6.45) is 4.45. The molecule has 2 aromatic rings. The number of H-pyrrole nitrogens is 1. The summed E-state index contributed by atoms with van der Waals surface area (Å²) in [5.41, 5.74) is 1.91. The van der Waals surface area contributed by atoms with Gasteiger partial charge in [-0.3, -0.25) is 9.59 Å². The van der Waals surface area contributed by atoms with Gasteiger partial charge in [-0.2, -0.15) is 0 Å². The second kappa shape index (κ2) is 8.12. The lowest BCUT2D eigenvalue weighted by Crippen LogP contribution is -2.47. The van der Waals surface area contributed by atoms with E-state index in [9.17, 15) is 9.59 Å². The third kappa shape index (κ3) is 4.58. The number of carbonyl (C=O) groups excluding carboxylic acids is 2. The van der Waals surface area contributed by atoms with Crippen molar-refractivity contribution >= 4 is 34.3 Å². The van der Waals surface area contributed by atoms with Crippen molar-refractivity contribution in [1.82, 2.24) is 15.2 Å². The highest BCUT2D eigenvalue weighted by Crippen LogP contribution is 2.22. The van der Waals surface area contributed by atoms with Crippen LogP contribution in [0.25, 0.3) is 10.9 Å². The molecule has 2 amide bonds. The van der Waals surface area contributed by atoms with Gasteiger partial charge in [-0.1, -0.05) is 31.5 Å². The summed E-state index contributed by atoms with van der Waals surface area (Å²) in [4.78, 5) is 29.6. The predicted octanol–water partition coefficient (Wildman–Crippen LogP) is 3.52. The first-order chi connectivity index (χ1) is 12.4. The number of fused-ring (bicyclic) bond motifs is 1. The van der Waals surface area contributed by atoms with Gasteiger partial charge in [0.05, 0.1) is 6.42 Å². The number of hydrogen-bond donors (Lipinski definition) is 2. The van der Waals surface area contributed by atoms with Crippen molar-refractivity contribution in [2.45, 2.75) is 45.6 Å². The average Bonchev–Trinajstić information content (AvgIpc) is 2.96. The van der Waals surface area contributed by atoms with Gasteiger partial charge in [0.15, 0.2) is 0 Å². The molecule has 26 heavy (non-hydrogen) atoms. The Kier molecular flexibility index (Phi) is 5.87. The van der Waals surface area contributed by atoms with E-state index in [0.29, 0.717) is 23.8 Å². The maximum Gasteiger partial charge on any atom is 0.224 e. The Morgan fingerprint density at radius 3 is 2.73 bits per heavy atom. The number of nitrogens with zero attached hydrogens (tertiary/aromatic N) is 1. The van der Waals surface area contributed by atoms with Crippen LogP contribution in [0.4, 0.5) is 0 Å². The van der Waals surface area contributed by atoms with Crippen LogP contribution in [0, 0.1) is 5.92 Å². The fourth-order valence-corrected chi connectivity index (χ4v) is 3.68. The maximum absolute atomic E-state index is 12.4. The molecule has 5 nitrogen and oxygen atoms in total. The molecule has 2 heterocycles. The van der Waals surface area contributed by atoms with E-state index in [1.54, 1.807) is 0 Å². The van der Waals surface area contributed by atoms with Gasteiger partial charge in [-0.25, -0.2) is 0 Å². The van der Waals surface area contributed by atoms with E-state index in [1.807, 2.05) is 29.3 Å². The summed E-state index contributed by atoms with van der Waals surface area (Å²) in [6.45, 7) is 5.57. The Balaban J connectivity index is 1.50. The zero-order valence-corrected chi connectivity index (χ0v) is 16.1. The number of halogens is 1. The molecular formula is C20H26ClN3O2. The first-order valence-corrected chi connectivity index (χ1v) is 9.63. The smallest absolute Gasteiger partial charge is 0.224 e. The van der Waals surface area contributed by atoms with Gasteiger partial charge in [0, 0.05) is 47.7 Å². The van der Waals surface area contributed by atoms with Crippen LogP contribution in [-0.2, 0) is 16.0 Å². The SMILES string of the molecule is CC(C)CC(=O)N1CCC(NC(=O)Cc2c[nH]c3cc(Cl)ccc23)CC1. The number of likely N-dealkylation sites (tertiary alicyclic amines) is 1. The van der Waals surface area contributed by atoms with E-state index >= 15 is 0 Å². The van der Waals surface area contributed by atoms with Crippen LogP contribution in [-0.4, -0.2) is 40.8 Å². The first-order valence-electron chi connectivity index (χ1n) is 9.25. The summed E-state index contributed by atoms with van der Waals surface area (Å²) in [7, 11) is 0. The Morgan fingerprint density at radius 2 is 2.04 bits per heavy atom. The van der Waals surface area contributed by atoms with Gasteiger partial charge < -0.3 is 15.2 Å². The molecule has 140 valence electrons. The number of aromatic amines is 1. The highest BCUT2D eigenvalue weighted by Gasteiger charge is 2.24. The molecule has 0 bridgehead atoms. The number of carbonyl (C=O) groups is 2. The van der Waals surface area contributed by atoms with Gasteiger partial charge in [-0.05, 0) is 36.5 Å². The summed E-state index contributed by atoms with van der Waals surface area (Å²) < 4.78 is 0. The lowest BCUT2D eigenvalue weighted by molar-refractivity contribution is -0.133. The van der Waals surface area contributed by atoms with Crippen molar-refractivity contribution < 1.29 is 9.59 Å². The Labute approximate surface area is 159 Å². The Bertz CT molecular complexity index is 791. The van der Waals surface area contributed by atoms with Crippen LogP contribution in [0.1, 0.15) is 38.7 Å². The minimum Gasteiger partial charge on any atom is -0.361 e. The molecule has 0 spiro atoms. The van der Waals surface area contributed by atoms with Crippen LogP contribution < -0.4 is 5.32 Å². The summed E-state index contributed by atoms with van der Waals surface area (Å²) in [6, 6.07) is 5.78. The molecule has 1 aromatic carbocycles. The van der Waals surface area contributed by atoms with E-state index in [0.717, 1.165) is 42.4 Å². The minimum atomic E-state index is 0.0211. The van der Waals surface area contributed by atoms with Crippen molar-refractivity contribution in [2.75, 3.05) is 13.1 Å². The van der Waals surface area contributed by atoms with E-state index < -0.39 is 0 Å². The molecule has 1 saturated heterocycles. The maximum atomic E-state index is 12.4.